The van der Waals surface area contributed by atoms with Crippen LogP contribution in [0.25, 0.3) is 11.4 Å². The molecule has 170 valence electrons. The van der Waals surface area contributed by atoms with Crippen LogP contribution in [0, 0.1) is 19.7 Å². The number of benzene rings is 3. The molecule has 1 heterocycles. The number of hydrogen-bond acceptors (Lipinski definition) is 4. The van der Waals surface area contributed by atoms with Gasteiger partial charge in [-0.15, -0.1) is 0 Å². The molecular weight excluding hydrogens is 413 g/mol. The molecule has 1 aromatic heterocycles. The lowest BCUT2D eigenvalue weighted by atomic mass is 9.90. The van der Waals surface area contributed by atoms with Crippen molar-refractivity contribution < 1.29 is 8.91 Å². The maximum Gasteiger partial charge on any atom is 0.234 e. The van der Waals surface area contributed by atoms with Crippen molar-refractivity contribution >= 4 is 0 Å². The molecule has 0 aliphatic carbocycles. The van der Waals surface area contributed by atoms with E-state index < -0.39 is 0 Å². The van der Waals surface area contributed by atoms with Gasteiger partial charge in [0.1, 0.15) is 5.82 Å². The van der Waals surface area contributed by atoms with E-state index in [1.165, 1.54) is 22.8 Å². The quantitative estimate of drug-likeness (QED) is 0.306. The van der Waals surface area contributed by atoms with Crippen LogP contribution in [0.3, 0.4) is 0 Å². The molecule has 0 spiro atoms. The van der Waals surface area contributed by atoms with Crippen LogP contribution < -0.4 is 5.32 Å². The third-order valence-corrected chi connectivity index (χ3v) is 5.68. The van der Waals surface area contributed by atoms with Gasteiger partial charge in [0, 0.05) is 12.1 Å². The summed E-state index contributed by atoms with van der Waals surface area (Å²) in [6, 6.07) is 21.3. The number of aryl methyl sites for hydroxylation is 2. The van der Waals surface area contributed by atoms with Gasteiger partial charge in [0.15, 0.2) is 0 Å². The van der Waals surface area contributed by atoms with Crippen molar-refractivity contribution in [2.75, 3.05) is 6.54 Å². The van der Waals surface area contributed by atoms with Crippen molar-refractivity contribution in [1.82, 2.24) is 15.5 Å². The monoisotopic (exact) mass is 443 g/mol. The molecule has 4 nitrogen and oxygen atoms in total. The first kappa shape index (κ1) is 22.9. The molecule has 5 heteroatoms. The van der Waals surface area contributed by atoms with Gasteiger partial charge in [0.25, 0.3) is 0 Å². The number of nitrogens with zero attached hydrogens (tertiary/aromatic N) is 2. The lowest BCUT2D eigenvalue weighted by Crippen LogP contribution is -2.13. The number of rotatable bonds is 9. The van der Waals surface area contributed by atoms with Crippen LogP contribution in [0.15, 0.2) is 71.3 Å². The van der Waals surface area contributed by atoms with E-state index in [0.29, 0.717) is 18.1 Å². The Morgan fingerprint density at radius 2 is 1.70 bits per heavy atom. The van der Waals surface area contributed by atoms with E-state index >= 15 is 0 Å². The van der Waals surface area contributed by atoms with Crippen molar-refractivity contribution in [2.24, 2.45) is 0 Å². The minimum absolute atomic E-state index is 0.235. The van der Waals surface area contributed by atoms with Crippen molar-refractivity contribution in [1.29, 1.82) is 0 Å². The summed E-state index contributed by atoms with van der Waals surface area (Å²) in [5.41, 5.74) is 6.48. The molecule has 0 saturated heterocycles. The second-order valence-corrected chi connectivity index (χ2v) is 8.64. The molecule has 0 amide bonds. The molecule has 0 unspecified atom stereocenters. The normalized spacial score (nSPS) is 12.1. The summed E-state index contributed by atoms with van der Waals surface area (Å²) in [5, 5.41) is 7.64. The first-order valence-electron chi connectivity index (χ1n) is 11.5. The number of halogens is 1. The first-order valence-corrected chi connectivity index (χ1v) is 11.5. The molecule has 1 N–H and O–H groups in total. The fourth-order valence-electron chi connectivity index (χ4n) is 4.17. The standard InChI is InChI=1S/C28H30FN3O/c1-4-12-30-18-21-8-10-23(11-9-21)27-31-28(33-32-27)26(24-6-5-7-25(29)17-24)16-22-14-19(2)13-20(3)15-22/h5-11,13-15,17,26,30H,4,12,16,18H2,1-3H3/t26-/m1/s1. The molecule has 0 radical (unpaired) electrons. The van der Waals surface area contributed by atoms with Gasteiger partial charge in [-0.05, 0) is 62.1 Å². The highest BCUT2D eigenvalue weighted by Crippen LogP contribution is 2.30. The molecule has 1 atom stereocenters. The van der Waals surface area contributed by atoms with Gasteiger partial charge in [-0.2, -0.15) is 4.98 Å². The minimum atomic E-state index is -0.273. The van der Waals surface area contributed by atoms with Crippen molar-refractivity contribution in [3.63, 3.8) is 0 Å². The SMILES string of the molecule is CCCNCc1ccc(-c2noc([C@H](Cc3cc(C)cc(C)c3)c3cccc(F)c3)n2)cc1. The topological polar surface area (TPSA) is 51.0 Å². The summed E-state index contributed by atoms with van der Waals surface area (Å²) < 4.78 is 19.8. The molecule has 0 saturated carbocycles. The molecule has 4 rings (SSSR count). The zero-order valence-electron chi connectivity index (χ0n) is 19.4. The lowest BCUT2D eigenvalue weighted by molar-refractivity contribution is 0.364. The van der Waals surface area contributed by atoms with Gasteiger partial charge < -0.3 is 9.84 Å². The Balaban J connectivity index is 1.61. The van der Waals surface area contributed by atoms with Gasteiger partial charge >= 0.3 is 0 Å². The van der Waals surface area contributed by atoms with Crippen molar-refractivity contribution in [2.45, 2.75) is 46.1 Å². The van der Waals surface area contributed by atoms with Crippen molar-refractivity contribution in [3.05, 3.63) is 106 Å². The van der Waals surface area contributed by atoms with Gasteiger partial charge in [-0.1, -0.05) is 77.8 Å². The van der Waals surface area contributed by atoms with E-state index in [-0.39, 0.29) is 11.7 Å². The maximum absolute atomic E-state index is 14.1. The number of aromatic nitrogens is 2. The Morgan fingerprint density at radius 1 is 0.939 bits per heavy atom. The van der Waals surface area contributed by atoms with E-state index in [0.717, 1.165) is 36.2 Å². The Bertz CT molecular complexity index is 1180. The third-order valence-electron chi connectivity index (χ3n) is 5.68. The molecule has 4 aromatic rings. The van der Waals surface area contributed by atoms with Gasteiger partial charge in [0.2, 0.25) is 11.7 Å². The second kappa shape index (κ2) is 10.5. The fourth-order valence-corrected chi connectivity index (χ4v) is 4.17. The van der Waals surface area contributed by atoms with E-state index in [9.17, 15) is 4.39 Å². The Labute approximate surface area is 194 Å². The highest BCUT2D eigenvalue weighted by Gasteiger charge is 2.23. The van der Waals surface area contributed by atoms with Crippen LogP contribution >= 0.6 is 0 Å². The Morgan fingerprint density at radius 3 is 2.39 bits per heavy atom. The van der Waals surface area contributed by atoms with Gasteiger partial charge in [0.05, 0.1) is 5.92 Å². The van der Waals surface area contributed by atoms with E-state index in [2.05, 4.69) is 61.6 Å². The fraction of sp³-hybridized carbons (Fsp3) is 0.286. The summed E-state index contributed by atoms with van der Waals surface area (Å²) in [6.45, 7) is 8.15. The smallest absolute Gasteiger partial charge is 0.234 e. The van der Waals surface area contributed by atoms with Crippen LogP contribution in [-0.2, 0) is 13.0 Å². The highest BCUT2D eigenvalue weighted by atomic mass is 19.1. The molecule has 33 heavy (non-hydrogen) atoms. The molecule has 0 aliphatic rings. The summed E-state index contributed by atoms with van der Waals surface area (Å²) in [4.78, 5) is 4.72. The predicted molar refractivity (Wildman–Crippen MR) is 130 cm³/mol. The molecular formula is C28H30FN3O. The lowest BCUT2D eigenvalue weighted by Gasteiger charge is -2.15. The average Bonchev–Trinajstić information content (AvgIpc) is 3.27. The van der Waals surface area contributed by atoms with E-state index in [4.69, 9.17) is 9.51 Å². The average molecular weight is 444 g/mol. The highest BCUT2D eigenvalue weighted by molar-refractivity contribution is 5.55. The Hall–Kier alpha value is -3.31. The van der Waals surface area contributed by atoms with Crippen molar-refractivity contribution in [3.8, 4) is 11.4 Å². The number of nitrogens with one attached hydrogen (secondary N) is 1. The van der Waals surface area contributed by atoms with Crippen LogP contribution in [0.5, 0.6) is 0 Å². The summed E-state index contributed by atoms with van der Waals surface area (Å²) in [7, 11) is 0. The first-order chi connectivity index (χ1) is 16.0. The third kappa shape index (κ3) is 5.93. The van der Waals surface area contributed by atoms with Gasteiger partial charge in [-0.25, -0.2) is 4.39 Å². The summed E-state index contributed by atoms with van der Waals surface area (Å²) >= 11 is 0. The zero-order valence-corrected chi connectivity index (χ0v) is 19.4. The van der Waals surface area contributed by atoms with Crippen LogP contribution in [0.4, 0.5) is 4.39 Å². The van der Waals surface area contributed by atoms with E-state index in [1.807, 2.05) is 18.2 Å². The van der Waals surface area contributed by atoms with Gasteiger partial charge in [-0.3, -0.25) is 0 Å². The number of hydrogen-bond donors (Lipinski definition) is 1. The van der Waals surface area contributed by atoms with Crippen LogP contribution in [0.1, 0.15) is 53.0 Å². The largest absolute Gasteiger partial charge is 0.338 e. The van der Waals surface area contributed by atoms with Crippen LogP contribution in [0.2, 0.25) is 0 Å². The molecule has 0 aliphatic heterocycles. The summed E-state index contributed by atoms with van der Waals surface area (Å²) in [6.07, 6.45) is 1.76. The minimum Gasteiger partial charge on any atom is -0.338 e. The van der Waals surface area contributed by atoms with E-state index in [1.54, 1.807) is 12.1 Å². The van der Waals surface area contributed by atoms with Crippen LogP contribution in [-0.4, -0.2) is 16.7 Å². The summed E-state index contributed by atoms with van der Waals surface area (Å²) in [5.74, 6) is 0.522. The maximum atomic E-state index is 14.1. The second-order valence-electron chi connectivity index (χ2n) is 8.64. The molecule has 3 aromatic carbocycles. The molecule has 0 bridgehead atoms. The zero-order chi connectivity index (χ0) is 23.2. The predicted octanol–water partition coefficient (Wildman–Crippen LogP) is 6.37. The molecule has 0 fully saturated rings. The Kier molecular flexibility index (Phi) is 7.30.